The smallest absolute Gasteiger partial charge is 0.356 e. The highest BCUT2D eigenvalue weighted by molar-refractivity contribution is 5.85. The first-order valence-electron chi connectivity index (χ1n) is 6.62. The lowest BCUT2D eigenvalue weighted by Crippen LogP contribution is -2.39. The fourth-order valence-electron chi connectivity index (χ4n) is 2.17. The maximum Gasteiger partial charge on any atom is 0.401 e. The second-order valence-corrected chi connectivity index (χ2v) is 5.02. The number of amides is 1. The number of carbonyl (C=O) groups is 1. The van der Waals surface area contributed by atoms with E-state index in [0.717, 1.165) is 25.9 Å². The SMILES string of the molecule is CN(CCCNC(=O)C1CCNCC1)CC(F)(F)F.Cl. The van der Waals surface area contributed by atoms with Gasteiger partial charge in [-0.15, -0.1) is 12.4 Å². The summed E-state index contributed by atoms with van der Waals surface area (Å²) < 4.78 is 36.2. The molecule has 20 heavy (non-hydrogen) atoms. The second-order valence-electron chi connectivity index (χ2n) is 5.02. The Kier molecular flexibility index (Phi) is 9.16. The number of rotatable bonds is 6. The average molecular weight is 318 g/mol. The molecule has 0 saturated carbocycles. The molecule has 1 amide bonds. The van der Waals surface area contributed by atoms with Crippen LogP contribution >= 0.6 is 12.4 Å². The van der Waals surface area contributed by atoms with Crippen LogP contribution in [0.15, 0.2) is 0 Å². The summed E-state index contributed by atoms with van der Waals surface area (Å²) in [4.78, 5) is 13.0. The Hall–Kier alpha value is -0.530. The van der Waals surface area contributed by atoms with Gasteiger partial charge in [0.1, 0.15) is 0 Å². The Bertz CT molecular complexity index is 284. The molecule has 2 N–H and O–H groups in total. The monoisotopic (exact) mass is 317 g/mol. The van der Waals surface area contributed by atoms with E-state index in [4.69, 9.17) is 0 Å². The molecule has 8 heteroatoms. The summed E-state index contributed by atoms with van der Waals surface area (Å²) >= 11 is 0. The lowest BCUT2D eigenvalue weighted by molar-refractivity contribution is -0.143. The first-order valence-corrected chi connectivity index (χ1v) is 6.62. The summed E-state index contributed by atoms with van der Waals surface area (Å²) in [5.41, 5.74) is 0. The van der Waals surface area contributed by atoms with E-state index in [1.807, 2.05) is 0 Å². The Morgan fingerprint density at radius 2 is 1.95 bits per heavy atom. The van der Waals surface area contributed by atoms with Gasteiger partial charge in [-0.05, 0) is 45.9 Å². The van der Waals surface area contributed by atoms with E-state index in [-0.39, 0.29) is 24.2 Å². The minimum Gasteiger partial charge on any atom is -0.356 e. The average Bonchev–Trinajstić information content (AvgIpc) is 2.33. The van der Waals surface area contributed by atoms with Gasteiger partial charge < -0.3 is 10.6 Å². The molecule has 1 aliphatic rings. The van der Waals surface area contributed by atoms with Crippen molar-refractivity contribution >= 4 is 18.3 Å². The maximum atomic E-state index is 12.1. The van der Waals surface area contributed by atoms with Crippen LogP contribution in [0.1, 0.15) is 19.3 Å². The Morgan fingerprint density at radius 1 is 1.35 bits per heavy atom. The quantitative estimate of drug-likeness (QED) is 0.728. The molecule has 0 aromatic carbocycles. The zero-order valence-corrected chi connectivity index (χ0v) is 12.4. The molecule has 1 rings (SSSR count). The predicted molar refractivity (Wildman–Crippen MR) is 74.0 cm³/mol. The molecule has 0 atom stereocenters. The number of carbonyl (C=O) groups excluding carboxylic acids is 1. The summed E-state index contributed by atoms with van der Waals surface area (Å²) in [7, 11) is 1.43. The number of halogens is 4. The first kappa shape index (κ1) is 19.5. The summed E-state index contributed by atoms with van der Waals surface area (Å²) in [6.07, 6.45) is -1.96. The molecule has 120 valence electrons. The van der Waals surface area contributed by atoms with Gasteiger partial charge in [0.05, 0.1) is 6.54 Å². The van der Waals surface area contributed by atoms with Crippen molar-refractivity contribution in [2.45, 2.75) is 25.4 Å². The fraction of sp³-hybridized carbons (Fsp3) is 0.917. The number of nitrogens with zero attached hydrogens (tertiary/aromatic N) is 1. The van der Waals surface area contributed by atoms with Crippen molar-refractivity contribution in [2.75, 3.05) is 39.8 Å². The Labute approximate surface area is 123 Å². The van der Waals surface area contributed by atoms with E-state index in [9.17, 15) is 18.0 Å². The molecule has 4 nitrogen and oxygen atoms in total. The van der Waals surface area contributed by atoms with E-state index in [0.29, 0.717) is 19.5 Å². The third-order valence-electron chi connectivity index (χ3n) is 3.17. The number of hydrogen-bond donors (Lipinski definition) is 2. The largest absolute Gasteiger partial charge is 0.401 e. The van der Waals surface area contributed by atoms with Gasteiger partial charge in [-0.2, -0.15) is 13.2 Å². The summed E-state index contributed by atoms with van der Waals surface area (Å²) in [5.74, 6) is 0.0779. The van der Waals surface area contributed by atoms with E-state index < -0.39 is 12.7 Å². The Balaban J connectivity index is 0.00000361. The molecule has 0 unspecified atom stereocenters. The summed E-state index contributed by atoms with van der Waals surface area (Å²) in [6, 6.07) is 0. The maximum absolute atomic E-state index is 12.1. The molecule has 1 fully saturated rings. The summed E-state index contributed by atoms with van der Waals surface area (Å²) in [6.45, 7) is 1.56. The number of alkyl halides is 3. The van der Waals surface area contributed by atoms with Gasteiger partial charge in [-0.1, -0.05) is 0 Å². The van der Waals surface area contributed by atoms with E-state index >= 15 is 0 Å². The number of nitrogens with one attached hydrogen (secondary N) is 2. The van der Waals surface area contributed by atoms with Gasteiger partial charge in [0.15, 0.2) is 0 Å². The standard InChI is InChI=1S/C12H22F3N3O.ClH/c1-18(9-12(13,14)15)8-2-5-17-11(19)10-3-6-16-7-4-10;/h10,16H,2-9H2,1H3,(H,17,19);1H. The minimum absolute atomic E-state index is 0. The number of piperidine rings is 1. The highest BCUT2D eigenvalue weighted by Crippen LogP contribution is 2.15. The van der Waals surface area contributed by atoms with Crippen molar-refractivity contribution in [3.8, 4) is 0 Å². The van der Waals surface area contributed by atoms with Crippen LogP contribution in [0.25, 0.3) is 0 Å². The van der Waals surface area contributed by atoms with Crippen molar-refractivity contribution in [1.82, 2.24) is 15.5 Å². The highest BCUT2D eigenvalue weighted by Gasteiger charge is 2.28. The van der Waals surface area contributed by atoms with Crippen molar-refractivity contribution in [1.29, 1.82) is 0 Å². The van der Waals surface area contributed by atoms with Crippen LogP contribution < -0.4 is 10.6 Å². The van der Waals surface area contributed by atoms with Crippen molar-refractivity contribution in [2.24, 2.45) is 5.92 Å². The van der Waals surface area contributed by atoms with Gasteiger partial charge in [0, 0.05) is 12.5 Å². The molecule has 0 aromatic rings. The van der Waals surface area contributed by atoms with Crippen LogP contribution in [0.3, 0.4) is 0 Å². The van der Waals surface area contributed by atoms with E-state index in [2.05, 4.69) is 10.6 Å². The zero-order chi connectivity index (χ0) is 14.3. The van der Waals surface area contributed by atoms with Crippen LogP contribution in [-0.4, -0.2) is 56.8 Å². The van der Waals surface area contributed by atoms with Crippen molar-refractivity contribution < 1.29 is 18.0 Å². The van der Waals surface area contributed by atoms with Crippen LogP contribution in [0.4, 0.5) is 13.2 Å². The molecule has 0 spiro atoms. The first-order chi connectivity index (χ1) is 8.88. The molecule has 0 radical (unpaired) electrons. The zero-order valence-electron chi connectivity index (χ0n) is 11.6. The van der Waals surface area contributed by atoms with Gasteiger partial charge in [-0.3, -0.25) is 9.69 Å². The van der Waals surface area contributed by atoms with Crippen LogP contribution in [0, 0.1) is 5.92 Å². The van der Waals surface area contributed by atoms with Crippen molar-refractivity contribution in [3.05, 3.63) is 0 Å². The fourth-order valence-corrected chi connectivity index (χ4v) is 2.17. The van der Waals surface area contributed by atoms with Crippen molar-refractivity contribution in [3.63, 3.8) is 0 Å². The normalized spacial score (nSPS) is 16.9. The van der Waals surface area contributed by atoms with Gasteiger partial charge in [0.2, 0.25) is 5.91 Å². The van der Waals surface area contributed by atoms with Crippen LogP contribution in [-0.2, 0) is 4.79 Å². The van der Waals surface area contributed by atoms with E-state index in [1.165, 1.54) is 11.9 Å². The molecule has 0 bridgehead atoms. The lowest BCUT2D eigenvalue weighted by Gasteiger charge is -2.22. The minimum atomic E-state index is -4.16. The topological polar surface area (TPSA) is 44.4 Å². The molecule has 1 aliphatic heterocycles. The molecule has 0 aromatic heterocycles. The van der Waals surface area contributed by atoms with Crippen LogP contribution in [0.2, 0.25) is 0 Å². The van der Waals surface area contributed by atoms with Crippen LogP contribution in [0.5, 0.6) is 0 Å². The predicted octanol–water partition coefficient (Wildman–Crippen LogP) is 1.41. The molecule has 1 saturated heterocycles. The second kappa shape index (κ2) is 9.41. The molecule has 0 aliphatic carbocycles. The molecular formula is C12H23ClF3N3O. The third kappa shape index (κ3) is 8.60. The molecular weight excluding hydrogens is 295 g/mol. The Morgan fingerprint density at radius 3 is 2.50 bits per heavy atom. The highest BCUT2D eigenvalue weighted by atomic mass is 35.5. The van der Waals surface area contributed by atoms with Gasteiger partial charge in [0.25, 0.3) is 0 Å². The van der Waals surface area contributed by atoms with Gasteiger partial charge in [-0.25, -0.2) is 0 Å². The lowest BCUT2D eigenvalue weighted by atomic mass is 9.97. The number of hydrogen-bond acceptors (Lipinski definition) is 3. The van der Waals surface area contributed by atoms with Gasteiger partial charge >= 0.3 is 6.18 Å². The third-order valence-corrected chi connectivity index (χ3v) is 3.17. The molecule has 1 heterocycles. The summed E-state index contributed by atoms with van der Waals surface area (Å²) in [5, 5.41) is 5.98. The van der Waals surface area contributed by atoms with E-state index in [1.54, 1.807) is 0 Å².